The lowest BCUT2D eigenvalue weighted by molar-refractivity contribution is 0.265. The molecule has 2 aromatic rings. The number of hydrogen-bond donors (Lipinski definition) is 3. The van der Waals surface area contributed by atoms with Crippen LogP contribution in [0.4, 0.5) is 4.39 Å². The lowest BCUT2D eigenvalue weighted by atomic mass is 10.0. The Kier molecular flexibility index (Phi) is 10.6. The molecule has 3 N–H and O–H groups in total. The molecule has 0 heterocycles. The molecular weight excluding hydrogens is 448 g/mol. The molecule has 0 aromatic heterocycles. The molecular formula is C19H25FIN3O2. The van der Waals surface area contributed by atoms with Gasteiger partial charge in [-0.3, -0.25) is 4.99 Å². The monoisotopic (exact) mass is 473 g/mol. The van der Waals surface area contributed by atoms with Crippen molar-refractivity contribution in [3.8, 4) is 5.75 Å². The third kappa shape index (κ3) is 7.57. The molecule has 0 fully saturated rings. The van der Waals surface area contributed by atoms with Crippen molar-refractivity contribution in [2.24, 2.45) is 4.99 Å². The second kappa shape index (κ2) is 12.5. The fraction of sp³-hybridized carbons (Fsp3) is 0.316. The van der Waals surface area contributed by atoms with Crippen LogP contribution in [0.1, 0.15) is 11.5 Å². The molecule has 0 aliphatic rings. The van der Waals surface area contributed by atoms with E-state index in [0.29, 0.717) is 31.4 Å². The van der Waals surface area contributed by atoms with E-state index < -0.39 is 0 Å². The Morgan fingerprint density at radius 3 is 2.58 bits per heavy atom. The number of benzene rings is 2. The standard InChI is InChI=1S/C19H24FN3O2.HI/c1-21-19(22-10-11-25-18-9-5-8-17(20)12-18)23-13-16(14-24)15-6-3-2-4-7-15;/h2-9,12,16,24H,10-11,13-14H2,1H3,(H2,21,22,23);1H. The van der Waals surface area contributed by atoms with E-state index in [4.69, 9.17) is 4.74 Å². The minimum absolute atomic E-state index is 0. The van der Waals surface area contributed by atoms with Crippen molar-refractivity contribution in [2.75, 3.05) is 33.4 Å². The van der Waals surface area contributed by atoms with Gasteiger partial charge in [-0.25, -0.2) is 4.39 Å². The molecule has 7 heteroatoms. The van der Waals surface area contributed by atoms with E-state index in [9.17, 15) is 9.50 Å². The van der Waals surface area contributed by atoms with Crippen LogP contribution in [-0.2, 0) is 0 Å². The topological polar surface area (TPSA) is 65.9 Å². The average molecular weight is 473 g/mol. The van der Waals surface area contributed by atoms with Gasteiger partial charge in [-0.15, -0.1) is 24.0 Å². The maximum absolute atomic E-state index is 13.1. The lowest BCUT2D eigenvalue weighted by Gasteiger charge is -2.18. The van der Waals surface area contributed by atoms with E-state index >= 15 is 0 Å². The summed E-state index contributed by atoms with van der Waals surface area (Å²) in [6, 6.07) is 15.9. The first-order valence-corrected chi connectivity index (χ1v) is 8.21. The lowest BCUT2D eigenvalue weighted by Crippen LogP contribution is -2.41. The minimum Gasteiger partial charge on any atom is -0.492 e. The Bertz CT molecular complexity index is 671. The first-order valence-electron chi connectivity index (χ1n) is 8.21. The van der Waals surface area contributed by atoms with E-state index in [2.05, 4.69) is 15.6 Å². The van der Waals surface area contributed by atoms with Crippen LogP contribution in [0, 0.1) is 5.82 Å². The molecule has 0 aliphatic carbocycles. The molecule has 0 radical (unpaired) electrons. The quantitative estimate of drug-likeness (QED) is 0.239. The minimum atomic E-state index is -0.320. The van der Waals surface area contributed by atoms with E-state index in [1.54, 1.807) is 19.2 Å². The molecule has 1 atom stereocenters. The molecule has 0 saturated heterocycles. The summed E-state index contributed by atoms with van der Waals surface area (Å²) in [7, 11) is 1.68. The Morgan fingerprint density at radius 1 is 1.15 bits per heavy atom. The van der Waals surface area contributed by atoms with Gasteiger partial charge in [0, 0.05) is 25.6 Å². The smallest absolute Gasteiger partial charge is 0.191 e. The summed E-state index contributed by atoms with van der Waals surface area (Å²) in [5.74, 6) is 0.786. The molecule has 0 saturated carbocycles. The van der Waals surface area contributed by atoms with Gasteiger partial charge in [0.25, 0.3) is 0 Å². The number of aliphatic hydroxyl groups is 1. The van der Waals surface area contributed by atoms with Crippen molar-refractivity contribution in [3.05, 3.63) is 66.0 Å². The number of aliphatic imine (C=N–C) groups is 1. The molecule has 26 heavy (non-hydrogen) atoms. The Hall–Kier alpha value is -1.87. The van der Waals surface area contributed by atoms with Gasteiger partial charge in [0.05, 0.1) is 13.2 Å². The number of aliphatic hydroxyl groups excluding tert-OH is 1. The Morgan fingerprint density at radius 2 is 1.92 bits per heavy atom. The number of rotatable bonds is 8. The van der Waals surface area contributed by atoms with Crippen molar-refractivity contribution in [1.29, 1.82) is 0 Å². The van der Waals surface area contributed by atoms with Gasteiger partial charge in [-0.05, 0) is 17.7 Å². The Balaban J connectivity index is 0.00000338. The Labute approximate surface area is 170 Å². The highest BCUT2D eigenvalue weighted by atomic mass is 127. The third-order valence-electron chi connectivity index (χ3n) is 3.69. The largest absolute Gasteiger partial charge is 0.492 e. The van der Waals surface area contributed by atoms with Crippen LogP contribution in [0.15, 0.2) is 59.6 Å². The summed E-state index contributed by atoms with van der Waals surface area (Å²) in [5, 5.41) is 15.9. The van der Waals surface area contributed by atoms with Crippen LogP contribution in [0.25, 0.3) is 0 Å². The van der Waals surface area contributed by atoms with Gasteiger partial charge in [0.1, 0.15) is 18.2 Å². The average Bonchev–Trinajstić information content (AvgIpc) is 2.65. The van der Waals surface area contributed by atoms with Crippen LogP contribution < -0.4 is 15.4 Å². The van der Waals surface area contributed by atoms with Crippen molar-refractivity contribution in [1.82, 2.24) is 10.6 Å². The first-order chi connectivity index (χ1) is 12.2. The summed E-state index contributed by atoms with van der Waals surface area (Å²) < 4.78 is 18.5. The van der Waals surface area contributed by atoms with Gasteiger partial charge in [-0.1, -0.05) is 36.4 Å². The first kappa shape index (κ1) is 22.2. The molecule has 1 unspecified atom stereocenters. The van der Waals surface area contributed by atoms with E-state index in [-0.39, 0.29) is 42.3 Å². The van der Waals surface area contributed by atoms with E-state index in [0.717, 1.165) is 5.56 Å². The number of nitrogens with one attached hydrogen (secondary N) is 2. The summed E-state index contributed by atoms with van der Waals surface area (Å²) >= 11 is 0. The van der Waals surface area contributed by atoms with Gasteiger partial charge >= 0.3 is 0 Å². The zero-order chi connectivity index (χ0) is 17.9. The fourth-order valence-corrected chi connectivity index (χ4v) is 2.35. The molecule has 0 amide bonds. The van der Waals surface area contributed by atoms with E-state index in [1.165, 1.54) is 12.1 Å². The summed E-state index contributed by atoms with van der Waals surface area (Å²) in [6.07, 6.45) is 0. The van der Waals surface area contributed by atoms with Gasteiger partial charge in [-0.2, -0.15) is 0 Å². The zero-order valence-electron chi connectivity index (χ0n) is 14.7. The summed E-state index contributed by atoms with van der Waals surface area (Å²) in [5.41, 5.74) is 1.07. The summed E-state index contributed by atoms with van der Waals surface area (Å²) in [6.45, 7) is 1.51. The fourth-order valence-electron chi connectivity index (χ4n) is 2.35. The normalized spacial score (nSPS) is 12.0. The second-order valence-electron chi connectivity index (χ2n) is 5.48. The van der Waals surface area contributed by atoms with Crippen molar-refractivity contribution in [2.45, 2.75) is 5.92 Å². The zero-order valence-corrected chi connectivity index (χ0v) is 17.0. The van der Waals surface area contributed by atoms with Crippen molar-refractivity contribution >= 4 is 29.9 Å². The van der Waals surface area contributed by atoms with Crippen molar-refractivity contribution < 1.29 is 14.2 Å². The highest BCUT2D eigenvalue weighted by molar-refractivity contribution is 14.0. The molecule has 142 valence electrons. The van der Waals surface area contributed by atoms with Gasteiger partial charge in [0.15, 0.2) is 5.96 Å². The molecule has 0 aliphatic heterocycles. The number of hydrogen-bond acceptors (Lipinski definition) is 3. The van der Waals surface area contributed by atoms with Crippen LogP contribution in [0.5, 0.6) is 5.75 Å². The number of nitrogens with zero attached hydrogens (tertiary/aromatic N) is 1. The van der Waals surface area contributed by atoms with Crippen molar-refractivity contribution in [3.63, 3.8) is 0 Å². The van der Waals surface area contributed by atoms with Crippen LogP contribution >= 0.6 is 24.0 Å². The van der Waals surface area contributed by atoms with Crippen LogP contribution in [0.3, 0.4) is 0 Å². The highest BCUT2D eigenvalue weighted by Crippen LogP contribution is 2.13. The number of halogens is 2. The predicted molar refractivity (Wildman–Crippen MR) is 113 cm³/mol. The molecule has 2 aromatic carbocycles. The predicted octanol–water partition coefficient (Wildman–Crippen LogP) is 2.76. The third-order valence-corrected chi connectivity index (χ3v) is 3.69. The maximum Gasteiger partial charge on any atom is 0.191 e. The van der Waals surface area contributed by atoms with Crippen LogP contribution in [0.2, 0.25) is 0 Å². The molecule has 0 spiro atoms. The van der Waals surface area contributed by atoms with Gasteiger partial charge < -0.3 is 20.5 Å². The maximum atomic E-state index is 13.1. The SMILES string of the molecule is CN=C(NCCOc1cccc(F)c1)NCC(CO)c1ccccc1.I. The molecule has 5 nitrogen and oxygen atoms in total. The molecule has 2 rings (SSSR count). The molecule has 0 bridgehead atoms. The van der Waals surface area contributed by atoms with Crippen LogP contribution in [-0.4, -0.2) is 44.4 Å². The second-order valence-corrected chi connectivity index (χ2v) is 5.48. The van der Waals surface area contributed by atoms with Gasteiger partial charge in [0.2, 0.25) is 0 Å². The van der Waals surface area contributed by atoms with E-state index in [1.807, 2.05) is 30.3 Å². The number of ether oxygens (including phenoxy) is 1. The highest BCUT2D eigenvalue weighted by Gasteiger charge is 2.10. The number of guanidine groups is 1. The summed E-state index contributed by atoms with van der Waals surface area (Å²) in [4.78, 5) is 4.14.